The average molecular weight is 530 g/mol. The van der Waals surface area contributed by atoms with Gasteiger partial charge >= 0.3 is 5.97 Å². The molecule has 38 heavy (non-hydrogen) atoms. The number of para-hydroxylation sites is 1. The van der Waals surface area contributed by atoms with Crippen LogP contribution in [0.15, 0.2) is 77.9 Å². The first-order valence-corrected chi connectivity index (χ1v) is 12.9. The number of hydrogen-bond donors (Lipinski definition) is 1. The molecular formula is C28H23N3O6S. The predicted molar refractivity (Wildman–Crippen MR) is 140 cm³/mol. The minimum atomic E-state index is -0.806. The number of nitrogens with one attached hydrogen (secondary N) is 1. The lowest BCUT2D eigenvalue weighted by molar-refractivity contribution is -0.136. The van der Waals surface area contributed by atoms with Crippen molar-refractivity contribution < 1.29 is 28.6 Å². The third-order valence-corrected chi connectivity index (χ3v) is 7.60. The van der Waals surface area contributed by atoms with Crippen LogP contribution in [0, 0.1) is 0 Å². The largest absolute Gasteiger partial charge is 0.493 e. The number of nitrogens with zero attached hydrogens (tertiary/aromatic N) is 2. The highest BCUT2D eigenvalue weighted by molar-refractivity contribution is 8.15. The SMILES string of the molecule is COc1cc([C@H]2Oc3ccccc3[C@H]3CC(c4ccccc4)=NN32)ccc1OC(=O)C[C@@H]1SC(=O)NC1=O. The van der Waals surface area contributed by atoms with E-state index in [1.165, 1.54) is 7.11 Å². The van der Waals surface area contributed by atoms with E-state index in [0.29, 0.717) is 5.75 Å². The fraction of sp³-hybridized carbons (Fsp3) is 0.214. The Morgan fingerprint density at radius 3 is 2.63 bits per heavy atom. The smallest absolute Gasteiger partial charge is 0.312 e. The standard InChI is InChI=1S/C28H23N3O6S/c1-35-23-13-17(11-12-22(23)36-25(32)15-24-26(33)29-28(34)38-24)27-31-20(18-9-5-6-10-21(18)37-27)14-19(30-31)16-7-3-2-4-8-16/h2-13,20,24,27H,14-15H2,1H3,(H,29,33,34)/t20-,24+,27-/m1/s1. The van der Waals surface area contributed by atoms with Gasteiger partial charge in [0.25, 0.3) is 5.24 Å². The lowest BCUT2D eigenvalue weighted by atomic mass is 9.96. The van der Waals surface area contributed by atoms with Gasteiger partial charge in [-0.2, -0.15) is 5.10 Å². The fourth-order valence-corrected chi connectivity index (χ4v) is 5.63. The molecule has 3 aliphatic heterocycles. The van der Waals surface area contributed by atoms with Crippen molar-refractivity contribution in [3.8, 4) is 17.2 Å². The summed E-state index contributed by atoms with van der Waals surface area (Å²) < 4.78 is 17.4. The quantitative estimate of drug-likeness (QED) is 0.365. The zero-order valence-electron chi connectivity index (χ0n) is 20.3. The minimum absolute atomic E-state index is 0.00132. The molecule has 3 aromatic carbocycles. The topological polar surface area (TPSA) is 107 Å². The first-order chi connectivity index (χ1) is 18.5. The zero-order valence-corrected chi connectivity index (χ0v) is 21.1. The van der Waals surface area contributed by atoms with Crippen LogP contribution in [0.4, 0.5) is 4.79 Å². The van der Waals surface area contributed by atoms with Crippen LogP contribution in [0.25, 0.3) is 0 Å². The molecule has 0 radical (unpaired) electrons. The maximum Gasteiger partial charge on any atom is 0.312 e. The molecule has 1 fully saturated rings. The molecule has 3 aromatic rings. The molecule has 3 atom stereocenters. The van der Waals surface area contributed by atoms with Crippen molar-refractivity contribution in [2.45, 2.75) is 30.4 Å². The summed E-state index contributed by atoms with van der Waals surface area (Å²) in [6.45, 7) is 0. The number of ether oxygens (including phenoxy) is 3. The summed E-state index contributed by atoms with van der Waals surface area (Å²) >= 11 is 0.779. The molecule has 9 nitrogen and oxygen atoms in total. The van der Waals surface area contributed by atoms with E-state index in [2.05, 4.69) is 23.5 Å². The Kier molecular flexibility index (Phi) is 6.24. The van der Waals surface area contributed by atoms with Crippen molar-refractivity contribution in [1.29, 1.82) is 0 Å². The minimum Gasteiger partial charge on any atom is -0.493 e. The summed E-state index contributed by atoms with van der Waals surface area (Å²) in [4.78, 5) is 35.7. The Morgan fingerprint density at radius 2 is 1.87 bits per heavy atom. The van der Waals surface area contributed by atoms with Crippen LogP contribution in [0.3, 0.4) is 0 Å². The molecule has 0 spiro atoms. The van der Waals surface area contributed by atoms with E-state index in [4.69, 9.17) is 19.3 Å². The highest BCUT2D eigenvalue weighted by Crippen LogP contribution is 2.48. The van der Waals surface area contributed by atoms with Crippen molar-refractivity contribution in [3.05, 3.63) is 89.5 Å². The van der Waals surface area contributed by atoms with Crippen molar-refractivity contribution in [1.82, 2.24) is 10.3 Å². The van der Waals surface area contributed by atoms with Gasteiger partial charge in [-0.05, 0) is 29.8 Å². The number of esters is 1. The van der Waals surface area contributed by atoms with E-state index in [1.807, 2.05) is 41.4 Å². The number of methoxy groups -OCH3 is 1. The number of rotatable bonds is 6. The zero-order chi connectivity index (χ0) is 26.2. The number of amides is 2. The maximum atomic E-state index is 12.5. The van der Waals surface area contributed by atoms with E-state index >= 15 is 0 Å². The second-order valence-corrected chi connectivity index (χ2v) is 10.2. The van der Waals surface area contributed by atoms with Crippen molar-refractivity contribution in [2.24, 2.45) is 5.10 Å². The first kappa shape index (κ1) is 24.1. The average Bonchev–Trinajstić information content (AvgIpc) is 3.52. The molecule has 0 saturated carbocycles. The number of fused-ring (bicyclic) bond motifs is 3. The molecule has 192 valence electrons. The van der Waals surface area contributed by atoms with E-state index in [9.17, 15) is 14.4 Å². The molecule has 3 heterocycles. The Balaban J connectivity index is 1.28. The van der Waals surface area contributed by atoms with Crippen LogP contribution in [0.2, 0.25) is 0 Å². The first-order valence-electron chi connectivity index (χ1n) is 12.1. The number of imide groups is 1. The lowest BCUT2D eigenvalue weighted by Crippen LogP contribution is -2.33. The van der Waals surface area contributed by atoms with E-state index < -0.39 is 28.6 Å². The Hall–Kier alpha value is -4.31. The van der Waals surface area contributed by atoms with Gasteiger partial charge < -0.3 is 14.2 Å². The summed E-state index contributed by atoms with van der Waals surface area (Å²) in [5, 5.41) is 7.82. The molecule has 10 heteroatoms. The number of thioether (sulfide) groups is 1. The molecule has 0 aliphatic carbocycles. The van der Waals surface area contributed by atoms with Crippen molar-refractivity contribution in [3.63, 3.8) is 0 Å². The van der Waals surface area contributed by atoms with Crippen LogP contribution in [-0.2, 0) is 9.59 Å². The van der Waals surface area contributed by atoms with Gasteiger partial charge in [0, 0.05) is 17.5 Å². The molecule has 0 aromatic heterocycles. The summed E-state index contributed by atoms with van der Waals surface area (Å²) in [5.41, 5.74) is 3.89. The van der Waals surface area contributed by atoms with Crippen molar-refractivity contribution in [2.75, 3.05) is 7.11 Å². The third kappa shape index (κ3) is 4.47. The van der Waals surface area contributed by atoms with Crippen LogP contribution in [0.5, 0.6) is 17.2 Å². The molecule has 1 N–H and O–H groups in total. The number of carbonyl (C=O) groups excluding carboxylic acids is 3. The molecule has 0 bridgehead atoms. The Labute approximate surface area is 222 Å². The molecule has 2 amide bonds. The highest BCUT2D eigenvalue weighted by atomic mass is 32.2. The molecule has 1 saturated heterocycles. The fourth-order valence-electron chi connectivity index (χ4n) is 4.82. The van der Waals surface area contributed by atoms with Gasteiger partial charge in [0.05, 0.1) is 25.3 Å². The van der Waals surface area contributed by atoms with Gasteiger partial charge in [0.15, 0.2) is 11.5 Å². The molecule has 0 unspecified atom stereocenters. The van der Waals surface area contributed by atoms with Crippen LogP contribution in [0.1, 0.15) is 41.8 Å². The van der Waals surface area contributed by atoms with Gasteiger partial charge in [-0.3, -0.25) is 19.7 Å². The van der Waals surface area contributed by atoms with E-state index in [0.717, 1.165) is 46.3 Å². The summed E-state index contributed by atoms with van der Waals surface area (Å²) in [7, 11) is 1.48. The van der Waals surface area contributed by atoms with E-state index in [1.54, 1.807) is 18.2 Å². The van der Waals surface area contributed by atoms with Gasteiger partial charge in [-0.1, -0.05) is 60.3 Å². The summed E-state index contributed by atoms with van der Waals surface area (Å²) in [6.07, 6.45) is -0.0233. The van der Waals surface area contributed by atoms with Gasteiger partial charge in [0.2, 0.25) is 12.1 Å². The maximum absolute atomic E-state index is 12.5. The van der Waals surface area contributed by atoms with E-state index in [-0.39, 0.29) is 18.2 Å². The molecule has 3 aliphatic rings. The van der Waals surface area contributed by atoms with Crippen molar-refractivity contribution >= 4 is 34.6 Å². The number of hydrogen-bond acceptors (Lipinski definition) is 9. The van der Waals surface area contributed by atoms with Gasteiger partial charge in [0.1, 0.15) is 11.0 Å². The van der Waals surface area contributed by atoms with Crippen LogP contribution in [-0.4, -0.2) is 40.2 Å². The normalized spacial score (nSPS) is 21.7. The third-order valence-electron chi connectivity index (χ3n) is 6.62. The monoisotopic (exact) mass is 529 g/mol. The Bertz CT molecular complexity index is 1460. The second kappa shape index (κ2) is 9.86. The molecule has 6 rings (SSSR count). The molecular weight excluding hydrogens is 506 g/mol. The summed E-state index contributed by atoms with van der Waals surface area (Å²) in [6, 6.07) is 23.2. The lowest BCUT2D eigenvalue weighted by Gasteiger charge is -2.38. The van der Waals surface area contributed by atoms with Gasteiger partial charge in [-0.15, -0.1) is 0 Å². The number of benzene rings is 3. The Morgan fingerprint density at radius 1 is 1.08 bits per heavy atom. The number of carbonyl (C=O) groups is 3. The van der Waals surface area contributed by atoms with Crippen LogP contribution < -0.4 is 19.5 Å². The van der Waals surface area contributed by atoms with Gasteiger partial charge in [-0.25, -0.2) is 5.01 Å². The summed E-state index contributed by atoms with van der Waals surface area (Å²) in [5.74, 6) is 0.196. The highest BCUT2D eigenvalue weighted by Gasteiger charge is 2.41. The predicted octanol–water partition coefficient (Wildman–Crippen LogP) is 4.58. The number of hydrazone groups is 1. The second-order valence-electron chi connectivity index (χ2n) is 8.99. The van der Waals surface area contributed by atoms with Crippen LogP contribution >= 0.6 is 11.8 Å².